The Bertz CT molecular complexity index is 480. The number of nitrogens with one attached hydrogen (secondary N) is 2. The van der Waals surface area contributed by atoms with Gasteiger partial charge in [0.05, 0.1) is 13.0 Å². The molecular weight excluding hydrogens is 292 g/mol. The second-order valence-corrected chi connectivity index (χ2v) is 5.07. The van der Waals surface area contributed by atoms with E-state index in [1.54, 1.807) is 31.2 Å². The SMILES string of the molecule is CCCNC(=O)[C@@H](C)NC(=O)CCOc1cccc(Cl)c1. The molecule has 6 heteroatoms. The maximum atomic E-state index is 11.7. The second-order valence-electron chi connectivity index (χ2n) is 4.64. The fraction of sp³-hybridized carbons (Fsp3) is 0.467. The van der Waals surface area contributed by atoms with Gasteiger partial charge in [0.2, 0.25) is 11.8 Å². The van der Waals surface area contributed by atoms with Crippen molar-refractivity contribution in [1.82, 2.24) is 10.6 Å². The van der Waals surface area contributed by atoms with Crippen molar-refractivity contribution in [1.29, 1.82) is 0 Å². The Kier molecular flexibility index (Phi) is 7.61. The van der Waals surface area contributed by atoms with E-state index in [0.29, 0.717) is 17.3 Å². The molecular formula is C15H21ClN2O3. The van der Waals surface area contributed by atoms with Crippen LogP contribution in [0.5, 0.6) is 5.75 Å². The van der Waals surface area contributed by atoms with E-state index in [2.05, 4.69) is 10.6 Å². The van der Waals surface area contributed by atoms with Crippen molar-refractivity contribution in [3.63, 3.8) is 0 Å². The molecule has 21 heavy (non-hydrogen) atoms. The van der Waals surface area contributed by atoms with Gasteiger partial charge in [-0.2, -0.15) is 0 Å². The highest BCUT2D eigenvalue weighted by Gasteiger charge is 2.14. The standard InChI is InChI=1S/C15H21ClN2O3/c1-3-8-17-15(20)11(2)18-14(19)7-9-21-13-6-4-5-12(16)10-13/h4-6,10-11H,3,7-9H2,1-2H3,(H,17,20)(H,18,19)/t11-/m1/s1. The average Bonchev–Trinajstić information content (AvgIpc) is 2.44. The Morgan fingerprint density at radius 3 is 2.81 bits per heavy atom. The van der Waals surface area contributed by atoms with Crippen molar-refractivity contribution >= 4 is 23.4 Å². The number of carbonyl (C=O) groups is 2. The number of halogens is 1. The zero-order valence-electron chi connectivity index (χ0n) is 12.3. The summed E-state index contributed by atoms with van der Waals surface area (Å²) in [5, 5.41) is 5.94. The minimum absolute atomic E-state index is 0.178. The normalized spacial score (nSPS) is 11.6. The topological polar surface area (TPSA) is 67.4 Å². The molecule has 2 N–H and O–H groups in total. The van der Waals surface area contributed by atoms with Crippen molar-refractivity contribution in [3.8, 4) is 5.75 Å². The van der Waals surface area contributed by atoms with Crippen LogP contribution < -0.4 is 15.4 Å². The van der Waals surface area contributed by atoms with Gasteiger partial charge in [0.1, 0.15) is 11.8 Å². The summed E-state index contributed by atoms with van der Waals surface area (Å²) in [6.45, 7) is 4.46. The van der Waals surface area contributed by atoms with Crippen LogP contribution >= 0.6 is 11.6 Å². The van der Waals surface area contributed by atoms with Crippen LogP contribution in [0.2, 0.25) is 5.02 Å². The number of benzene rings is 1. The molecule has 0 unspecified atom stereocenters. The highest BCUT2D eigenvalue weighted by Crippen LogP contribution is 2.17. The predicted molar refractivity (Wildman–Crippen MR) is 82.5 cm³/mol. The lowest BCUT2D eigenvalue weighted by atomic mass is 10.3. The molecule has 1 rings (SSSR count). The summed E-state index contributed by atoms with van der Waals surface area (Å²) in [6, 6.07) is 6.43. The van der Waals surface area contributed by atoms with Gasteiger partial charge >= 0.3 is 0 Å². The number of amides is 2. The van der Waals surface area contributed by atoms with Crippen LogP contribution in [-0.2, 0) is 9.59 Å². The third-order valence-electron chi connectivity index (χ3n) is 2.71. The van der Waals surface area contributed by atoms with Crippen LogP contribution in [0.4, 0.5) is 0 Å². The summed E-state index contributed by atoms with van der Waals surface area (Å²) in [7, 11) is 0. The van der Waals surface area contributed by atoms with Gasteiger partial charge in [-0.1, -0.05) is 24.6 Å². The smallest absolute Gasteiger partial charge is 0.242 e. The maximum absolute atomic E-state index is 11.7. The summed E-state index contributed by atoms with van der Waals surface area (Å²) >= 11 is 5.83. The van der Waals surface area contributed by atoms with Crippen molar-refractivity contribution in [2.45, 2.75) is 32.7 Å². The van der Waals surface area contributed by atoms with Gasteiger partial charge in [-0.05, 0) is 31.5 Å². The lowest BCUT2D eigenvalue weighted by molar-refractivity contribution is -0.128. The van der Waals surface area contributed by atoms with Crippen molar-refractivity contribution < 1.29 is 14.3 Å². The van der Waals surface area contributed by atoms with E-state index >= 15 is 0 Å². The molecule has 0 aliphatic rings. The van der Waals surface area contributed by atoms with Crippen LogP contribution in [0.15, 0.2) is 24.3 Å². The molecule has 5 nitrogen and oxygen atoms in total. The van der Waals surface area contributed by atoms with Crippen LogP contribution in [-0.4, -0.2) is 31.0 Å². The Balaban J connectivity index is 2.26. The first kappa shape index (κ1) is 17.3. The Morgan fingerprint density at radius 1 is 1.38 bits per heavy atom. The first-order chi connectivity index (χ1) is 10.0. The Hall–Kier alpha value is -1.75. The second kappa shape index (κ2) is 9.23. The Morgan fingerprint density at radius 2 is 2.14 bits per heavy atom. The third-order valence-corrected chi connectivity index (χ3v) is 2.95. The number of hydrogen-bond acceptors (Lipinski definition) is 3. The van der Waals surface area contributed by atoms with Crippen molar-refractivity contribution in [2.24, 2.45) is 0 Å². The van der Waals surface area contributed by atoms with Crippen molar-refractivity contribution in [3.05, 3.63) is 29.3 Å². The summed E-state index contributed by atoms with van der Waals surface area (Å²) in [6.07, 6.45) is 1.04. The minimum atomic E-state index is -0.546. The molecule has 0 aliphatic heterocycles. The van der Waals surface area contributed by atoms with E-state index in [1.165, 1.54) is 0 Å². The molecule has 0 bridgehead atoms. The molecule has 116 valence electrons. The highest BCUT2D eigenvalue weighted by molar-refractivity contribution is 6.30. The molecule has 0 spiro atoms. The number of rotatable bonds is 8. The first-order valence-electron chi connectivity index (χ1n) is 6.98. The average molecular weight is 313 g/mol. The molecule has 2 amide bonds. The summed E-state index contributed by atoms with van der Waals surface area (Å²) in [5.41, 5.74) is 0. The largest absolute Gasteiger partial charge is 0.493 e. The van der Waals surface area contributed by atoms with Crippen LogP contribution in [0, 0.1) is 0 Å². The summed E-state index contributed by atoms with van der Waals surface area (Å²) < 4.78 is 5.42. The predicted octanol–water partition coefficient (Wildman–Crippen LogP) is 2.14. The fourth-order valence-corrected chi connectivity index (χ4v) is 1.78. The summed E-state index contributed by atoms with van der Waals surface area (Å²) in [5.74, 6) is 0.209. The molecule has 0 heterocycles. The van der Waals surface area contributed by atoms with E-state index in [4.69, 9.17) is 16.3 Å². The molecule has 1 aromatic carbocycles. The molecule has 0 aliphatic carbocycles. The molecule has 0 saturated heterocycles. The first-order valence-corrected chi connectivity index (χ1v) is 7.36. The maximum Gasteiger partial charge on any atom is 0.242 e. The monoisotopic (exact) mass is 312 g/mol. The van der Waals surface area contributed by atoms with Crippen LogP contribution in [0.1, 0.15) is 26.7 Å². The van der Waals surface area contributed by atoms with Gasteiger partial charge in [0.25, 0.3) is 0 Å². The van der Waals surface area contributed by atoms with Gasteiger partial charge in [-0.15, -0.1) is 0 Å². The zero-order chi connectivity index (χ0) is 15.7. The van der Waals surface area contributed by atoms with Crippen LogP contribution in [0.25, 0.3) is 0 Å². The van der Waals surface area contributed by atoms with Crippen molar-refractivity contribution in [2.75, 3.05) is 13.2 Å². The van der Waals surface area contributed by atoms with Crippen LogP contribution in [0.3, 0.4) is 0 Å². The number of hydrogen-bond donors (Lipinski definition) is 2. The summed E-state index contributed by atoms with van der Waals surface area (Å²) in [4.78, 5) is 23.3. The van der Waals surface area contributed by atoms with Gasteiger partial charge in [0.15, 0.2) is 0 Å². The number of ether oxygens (including phenoxy) is 1. The lowest BCUT2D eigenvalue weighted by Gasteiger charge is -2.14. The quantitative estimate of drug-likeness (QED) is 0.773. The van der Waals surface area contributed by atoms with E-state index < -0.39 is 6.04 Å². The third kappa shape index (κ3) is 6.99. The fourth-order valence-electron chi connectivity index (χ4n) is 1.60. The minimum Gasteiger partial charge on any atom is -0.493 e. The van der Waals surface area contributed by atoms with E-state index in [9.17, 15) is 9.59 Å². The molecule has 0 radical (unpaired) electrons. The number of carbonyl (C=O) groups excluding carboxylic acids is 2. The lowest BCUT2D eigenvalue weighted by Crippen LogP contribution is -2.45. The van der Waals surface area contributed by atoms with E-state index in [-0.39, 0.29) is 24.8 Å². The molecule has 1 atom stereocenters. The Labute approximate surface area is 130 Å². The molecule has 1 aromatic rings. The van der Waals surface area contributed by atoms with Gasteiger partial charge in [-0.3, -0.25) is 9.59 Å². The van der Waals surface area contributed by atoms with E-state index in [0.717, 1.165) is 6.42 Å². The van der Waals surface area contributed by atoms with Gasteiger partial charge in [-0.25, -0.2) is 0 Å². The highest BCUT2D eigenvalue weighted by atomic mass is 35.5. The molecule has 0 aromatic heterocycles. The molecule has 0 fully saturated rings. The zero-order valence-corrected chi connectivity index (χ0v) is 13.1. The van der Waals surface area contributed by atoms with E-state index in [1.807, 2.05) is 6.92 Å². The van der Waals surface area contributed by atoms with Gasteiger partial charge in [0, 0.05) is 11.6 Å². The van der Waals surface area contributed by atoms with Gasteiger partial charge < -0.3 is 15.4 Å². The molecule has 0 saturated carbocycles.